The summed E-state index contributed by atoms with van der Waals surface area (Å²) in [4.78, 5) is 0. The highest BCUT2D eigenvalue weighted by Gasteiger charge is 2.13. The van der Waals surface area contributed by atoms with E-state index in [0.717, 1.165) is 16.5 Å². The Morgan fingerprint density at radius 3 is 2.29 bits per heavy atom. The van der Waals surface area contributed by atoms with Gasteiger partial charge in [0.2, 0.25) is 5.16 Å². The highest BCUT2D eigenvalue weighted by atomic mass is 32.2. The second kappa shape index (κ2) is 6.69. The van der Waals surface area contributed by atoms with Gasteiger partial charge in [0.25, 0.3) is 0 Å². The molecule has 0 bridgehead atoms. The second-order valence-corrected chi connectivity index (χ2v) is 7.14. The van der Waals surface area contributed by atoms with Crippen molar-refractivity contribution in [2.45, 2.75) is 38.6 Å². The van der Waals surface area contributed by atoms with Crippen LogP contribution in [0.25, 0.3) is 11.4 Å². The van der Waals surface area contributed by atoms with E-state index < -0.39 is 0 Å². The van der Waals surface area contributed by atoms with Gasteiger partial charge < -0.3 is 5.84 Å². The van der Waals surface area contributed by atoms with Gasteiger partial charge in [0.15, 0.2) is 5.82 Å². The molecule has 124 valence electrons. The smallest absolute Gasteiger partial charge is 0.210 e. The quantitative estimate of drug-likeness (QED) is 0.572. The van der Waals surface area contributed by atoms with Crippen LogP contribution in [0.2, 0.25) is 0 Å². The van der Waals surface area contributed by atoms with Crippen LogP contribution >= 0.6 is 11.8 Å². The topological polar surface area (TPSA) is 56.7 Å². The maximum Gasteiger partial charge on any atom is 0.210 e. The van der Waals surface area contributed by atoms with E-state index in [0.29, 0.717) is 5.82 Å². The van der Waals surface area contributed by atoms with Crippen molar-refractivity contribution in [1.82, 2.24) is 14.9 Å². The van der Waals surface area contributed by atoms with E-state index in [4.69, 9.17) is 5.84 Å². The minimum Gasteiger partial charge on any atom is -0.335 e. The summed E-state index contributed by atoms with van der Waals surface area (Å²) in [7, 11) is 0. The molecule has 24 heavy (non-hydrogen) atoms. The van der Waals surface area contributed by atoms with Crippen LogP contribution in [0, 0.1) is 27.7 Å². The second-order valence-electron chi connectivity index (χ2n) is 6.19. The van der Waals surface area contributed by atoms with Crippen LogP contribution in [0.3, 0.4) is 0 Å². The Morgan fingerprint density at radius 2 is 1.58 bits per heavy atom. The van der Waals surface area contributed by atoms with Crippen LogP contribution in [-0.2, 0) is 5.75 Å². The number of thioether (sulfide) groups is 1. The van der Waals surface area contributed by atoms with Crippen molar-refractivity contribution >= 4 is 11.8 Å². The van der Waals surface area contributed by atoms with E-state index in [1.807, 2.05) is 12.1 Å². The van der Waals surface area contributed by atoms with Gasteiger partial charge in [-0.05, 0) is 49.9 Å². The zero-order valence-corrected chi connectivity index (χ0v) is 15.3. The largest absolute Gasteiger partial charge is 0.335 e. The Bertz CT molecular complexity index is 866. The van der Waals surface area contributed by atoms with E-state index >= 15 is 0 Å². The first-order valence-corrected chi connectivity index (χ1v) is 8.91. The summed E-state index contributed by atoms with van der Waals surface area (Å²) < 4.78 is 1.58. The van der Waals surface area contributed by atoms with Crippen LogP contribution in [0.5, 0.6) is 0 Å². The Kier molecular flexibility index (Phi) is 4.62. The first kappa shape index (κ1) is 16.6. The van der Waals surface area contributed by atoms with Crippen molar-refractivity contribution in [3.05, 3.63) is 64.2 Å². The van der Waals surface area contributed by atoms with Gasteiger partial charge in [-0.3, -0.25) is 0 Å². The van der Waals surface area contributed by atoms with Gasteiger partial charge in [-0.25, -0.2) is 4.68 Å². The fourth-order valence-electron chi connectivity index (χ4n) is 2.59. The van der Waals surface area contributed by atoms with Crippen molar-refractivity contribution < 1.29 is 0 Å². The van der Waals surface area contributed by atoms with Gasteiger partial charge >= 0.3 is 0 Å². The fraction of sp³-hybridized carbons (Fsp3) is 0.263. The van der Waals surface area contributed by atoms with E-state index in [9.17, 15) is 0 Å². The molecule has 1 heterocycles. The predicted octanol–water partition coefficient (Wildman–Crippen LogP) is 4.18. The molecule has 0 fully saturated rings. The van der Waals surface area contributed by atoms with Crippen LogP contribution in [-0.4, -0.2) is 14.9 Å². The third-order valence-electron chi connectivity index (χ3n) is 4.28. The number of benzene rings is 2. The molecule has 0 amide bonds. The summed E-state index contributed by atoms with van der Waals surface area (Å²) in [6, 6.07) is 12.6. The Balaban J connectivity index is 1.80. The van der Waals surface area contributed by atoms with Crippen LogP contribution in [0.1, 0.15) is 27.8 Å². The molecule has 0 aliphatic rings. The molecule has 4 nitrogen and oxygen atoms in total. The Labute approximate surface area is 147 Å². The summed E-state index contributed by atoms with van der Waals surface area (Å²) in [6.07, 6.45) is 0. The third-order valence-corrected chi connectivity index (χ3v) is 5.28. The van der Waals surface area contributed by atoms with E-state index in [-0.39, 0.29) is 0 Å². The van der Waals surface area contributed by atoms with Gasteiger partial charge in [-0.2, -0.15) is 0 Å². The van der Waals surface area contributed by atoms with Crippen molar-refractivity contribution in [3.8, 4) is 11.4 Å². The minimum absolute atomic E-state index is 0.689. The lowest BCUT2D eigenvalue weighted by Crippen LogP contribution is -2.11. The number of nitrogens with zero attached hydrogens (tertiary/aromatic N) is 3. The molecule has 0 saturated carbocycles. The molecule has 0 aliphatic heterocycles. The lowest BCUT2D eigenvalue weighted by Gasteiger charge is -2.09. The molecular weight excluding hydrogens is 316 g/mol. The minimum atomic E-state index is 0.689. The standard InChI is InChI=1S/C19H22N4S/c1-12-5-7-16(8-6-12)18-21-22-19(23(18)20)24-11-17-10-14(3)13(2)9-15(17)4/h5-10H,11,20H2,1-4H3. The molecular formula is C19H22N4S. The Hall–Kier alpha value is -2.27. The molecule has 0 aliphatic carbocycles. The Morgan fingerprint density at radius 1 is 0.917 bits per heavy atom. The first-order chi connectivity index (χ1) is 11.5. The van der Waals surface area contributed by atoms with Crippen LogP contribution < -0.4 is 5.84 Å². The highest BCUT2D eigenvalue weighted by Crippen LogP contribution is 2.26. The molecule has 0 spiro atoms. The lowest BCUT2D eigenvalue weighted by atomic mass is 10.0. The maximum atomic E-state index is 6.20. The monoisotopic (exact) mass is 338 g/mol. The zero-order valence-electron chi connectivity index (χ0n) is 14.5. The van der Waals surface area contributed by atoms with E-state index in [1.54, 1.807) is 16.4 Å². The number of nitrogen functional groups attached to an aromatic ring is 1. The molecule has 3 aromatic rings. The van der Waals surface area contributed by atoms with Crippen molar-refractivity contribution in [2.24, 2.45) is 0 Å². The molecule has 3 rings (SSSR count). The molecule has 0 radical (unpaired) electrons. The van der Waals surface area contributed by atoms with Gasteiger partial charge in [0.05, 0.1) is 0 Å². The summed E-state index contributed by atoms with van der Waals surface area (Å²) in [5.74, 6) is 7.72. The van der Waals surface area contributed by atoms with Gasteiger partial charge in [0, 0.05) is 11.3 Å². The van der Waals surface area contributed by atoms with Crippen molar-refractivity contribution in [2.75, 3.05) is 5.84 Å². The lowest BCUT2D eigenvalue weighted by molar-refractivity contribution is 0.849. The molecule has 0 atom stereocenters. The predicted molar refractivity (Wildman–Crippen MR) is 101 cm³/mol. The fourth-order valence-corrected chi connectivity index (χ4v) is 3.51. The highest BCUT2D eigenvalue weighted by molar-refractivity contribution is 7.98. The molecule has 1 aromatic heterocycles. The normalized spacial score (nSPS) is 11.0. The summed E-state index contributed by atoms with van der Waals surface area (Å²) in [6.45, 7) is 8.49. The van der Waals surface area contributed by atoms with Crippen LogP contribution in [0.15, 0.2) is 41.6 Å². The van der Waals surface area contributed by atoms with Crippen molar-refractivity contribution in [3.63, 3.8) is 0 Å². The van der Waals surface area contributed by atoms with Gasteiger partial charge in [0.1, 0.15) is 0 Å². The number of aryl methyl sites for hydroxylation is 4. The molecule has 0 unspecified atom stereocenters. The molecule has 5 heteroatoms. The number of rotatable bonds is 4. The SMILES string of the molecule is Cc1ccc(-c2nnc(SCc3cc(C)c(C)cc3C)n2N)cc1. The zero-order chi connectivity index (χ0) is 17.3. The molecule has 2 N–H and O–H groups in total. The average Bonchev–Trinajstić information content (AvgIpc) is 2.91. The number of aromatic nitrogens is 3. The third kappa shape index (κ3) is 3.31. The van der Waals surface area contributed by atoms with Crippen molar-refractivity contribution in [1.29, 1.82) is 0 Å². The number of hydrogen-bond donors (Lipinski definition) is 1. The summed E-state index contributed by atoms with van der Waals surface area (Å²) >= 11 is 1.61. The summed E-state index contributed by atoms with van der Waals surface area (Å²) in [5.41, 5.74) is 7.43. The van der Waals surface area contributed by atoms with E-state index in [1.165, 1.54) is 27.8 Å². The van der Waals surface area contributed by atoms with Crippen LogP contribution in [0.4, 0.5) is 0 Å². The number of nitrogens with two attached hydrogens (primary N) is 1. The van der Waals surface area contributed by atoms with Gasteiger partial charge in [-0.15, -0.1) is 10.2 Å². The molecule has 0 saturated heterocycles. The van der Waals surface area contributed by atoms with E-state index in [2.05, 4.69) is 62.2 Å². The summed E-state index contributed by atoms with van der Waals surface area (Å²) in [5, 5.41) is 9.22. The maximum absolute atomic E-state index is 6.20. The first-order valence-electron chi connectivity index (χ1n) is 7.93. The van der Waals surface area contributed by atoms with Gasteiger partial charge in [-0.1, -0.05) is 53.7 Å². The molecule has 2 aromatic carbocycles. The number of hydrogen-bond acceptors (Lipinski definition) is 4. The average molecular weight is 338 g/mol.